The lowest BCUT2D eigenvalue weighted by atomic mass is 9.99. The van der Waals surface area contributed by atoms with Crippen LogP contribution >= 0.6 is 22.6 Å². The van der Waals surface area contributed by atoms with Crippen LogP contribution in [0.2, 0.25) is 0 Å². The van der Waals surface area contributed by atoms with E-state index in [-0.39, 0.29) is 18.4 Å². The summed E-state index contributed by atoms with van der Waals surface area (Å²) < 4.78 is 0.611. The van der Waals surface area contributed by atoms with Crippen molar-refractivity contribution >= 4 is 34.5 Å². The second-order valence-electron chi connectivity index (χ2n) is 3.45. The van der Waals surface area contributed by atoms with Gasteiger partial charge in [-0.2, -0.15) is 0 Å². The molecule has 3 N–H and O–H groups in total. The van der Waals surface area contributed by atoms with E-state index in [1.165, 1.54) is 0 Å². The molecule has 0 saturated heterocycles. The molecule has 6 heteroatoms. The summed E-state index contributed by atoms with van der Waals surface area (Å²) in [5.74, 6) is -2.30. The van der Waals surface area contributed by atoms with Gasteiger partial charge in [0.15, 0.2) is 6.10 Å². The summed E-state index contributed by atoms with van der Waals surface area (Å²) in [7, 11) is 0. The highest BCUT2D eigenvalue weighted by Crippen LogP contribution is 2.25. The predicted molar refractivity (Wildman–Crippen MR) is 67.7 cm³/mol. The van der Waals surface area contributed by atoms with Gasteiger partial charge in [-0.15, -0.1) is 0 Å². The van der Waals surface area contributed by atoms with Crippen molar-refractivity contribution < 1.29 is 24.9 Å². The van der Waals surface area contributed by atoms with Crippen molar-refractivity contribution in [2.24, 2.45) is 0 Å². The SMILES string of the molecule is O=C(O)CCc1cccc(I)c1C(O)C(=O)O. The average molecular weight is 350 g/mol. The quantitative estimate of drug-likeness (QED) is 0.699. The third kappa shape index (κ3) is 3.67. The Morgan fingerprint density at radius 2 is 1.94 bits per heavy atom. The molecule has 0 aliphatic carbocycles. The summed E-state index contributed by atoms with van der Waals surface area (Å²) >= 11 is 1.92. The number of hydrogen-bond donors (Lipinski definition) is 3. The number of aliphatic carboxylic acids is 2. The van der Waals surface area contributed by atoms with E-state index in [0.717, 1.165) is 0 Å². The van der Waals surface area contributed by atoms with E-state index < -0.39 is 18.0 Å². The van der Waals surface area contributed by atoms with E-state index in [9.17, 15) is 14.7 Å². The minimum absolute atomic E-state index is 0.0978. The maximum atomic E-state index is 10.8. The Hall–Kier alpha value is -1.15. The molecule has 0 radical (unpaired) electrons. The fraction of sp³-hybridized carbons (Fsp3) is 0.273. The zero-order chi connectivity index (χ0) is 13.0. The van der Waals surface area contributed by atoms with Crippen molar-refractivity contribution in [1.29, 1.82) is 0 Å². The normalized spacial score (nSPS) is 12.1. The Labute approximate surface area is 111 Å². The first-order valence-electron chi connectivity index (χ1n) is 4.83. The van der Waals surface area contributed by atoms with Gasteiger partial charge in [0.2, 0.25) is 0 Å². The molecule has 0 aliphatic heterocycles. The third-order valence-corrected chi connectivity index (χ3v) is 3.20. The molecule has 0 amide bonds. The molecule has 0 bridgehead atoms. The van der Waals surface area contributed by atoms with Gasteiger partial charge >= 0.3 is 11.9 Å². The third-order valence-electron chi connectivity index (χ3n) is 2.26. The topological polar surface area (TPSA) is 94.8 Å². The number of aryl methyl sites for hydroxylation is 1. The van der Waals surface area contributed by atoms with Gasteiger partial charge in [-0.25, -0.2) is 4.79 Å². The Morgan fingerprint density at radius 3 is 2.47 bits per heavy atom. The van der Waals surface area contributed by atoms with Crippen molar-refractivity contribution in [3.05, 3.63) is 32.9 Å². The summed E-state index contributed by atoms with van der Waals surface area (Å²) in [6.45, 7) is 0. The highest BCUT2D eigenvalue weighted by atomic mass is 127. The van der Waals surface area contributed by atoms with Gasteiger partial charge in [0, 0.05) is 15.6 Å². The molecule has 92 valence electrons. The summed E-state index contributed by atoms with van der Waals surface area (Å²) in [6.07, 6.45) is -1.52. The summed E-state index contributed by atoms with van der Waals surface area (Å²) in [5, 5.41) is 27.0. The fourth-order valence-corrected chi connectivity index (χ4v) is 2.32. The van der Waals surface area contributed by atoms with Crippen LogP contribution < -0.4 is 0 Å². The molecule has 1 atom stereocenters. The molecule has 1 aromatic carbocycles. The highest BCUT2D eigenvalue weighted by Gasteiger charge is 2.22. The van der Waals surface area contributed by atoms with E-state index in [2.05, 4.69) is 0 Å². The molecule has 0 fully saturated rings. The minimum atomic E-state index is -1.62. The lowest BCUT2D eigenvalue weighted by molar-refractivity contribution is -0.147. The van der Waals surface area contributed by atoms with Crippen LogP contribution in [0.1, 0.15) is 23.7 Å². The highest BCUT2D eigenvalue weighted by molar-refractivity contribution is 14.1. The molecule has 1 unspecified atom stereocenters. The van der Waals surface area contributed by atoms with Gasteiger partial charge < -0.3 is 15.3 Å². The summed E-state index contributed by atoms with van der Waals surface area (Å²) in [4.78, 5) is 21.3. The molecule has 1 aromatic rings. The van der Waals surface area contributed by atoms with Gasteiger partial charge in [0.25, 0.3) is 0 Å². The Kier molecular flexibility index (Phi) is 4.88. The molecule has 5 nitrogen and oxygen atoms in total. The molecule has 0 aromatic heterocycles. The molecule has 0 saturated carbocycles. The van der Waals surface area contributed by atoms with E-state index in [4.69, 9.17) is 10.2 Å². The molecular weight excluding hydrogens is 339 g/mol. The molecule has 0 spiro atoms. The largest absolute Gasteiger partial charge is 0.481 e. The average Bonchev–Trinajstić information content (AvgIpc) is 2.25. The fourth-order valence-electron chi connectivity index (χ4n) is 1.47. The monoisotopic (exact) mass is 350 g/mol. The van der Waals surface area contributed by atoms with Crippen LogP contribution in [0.3, 0.4) is 0 Å². The number of aliphatic hydroxyl groups excluding tert-OH is 1. The summed E-state index contributed by atoms with van der Waals surface area (Å²) in [5.41, 5.74) is 0.830. The van der Waals surface area contributed by atoms with Crippen LogP contribution in [-0.2, 0) is 16.0 Å². The van der Waals surface area contributed by atoms with Crippen molar-refractivity contribution in [3.63, 3.8) is 0 Å². The number of benzene rings is 1. The number of aliphatic hydroxyl groups is 1. The van der Waals surface area contributed by atoms with Gasteiger partial charge in [-0.3, -0.25) is 4.79 Å². The standard InChI is InChI=1S/C11H11IO5/c12-7-3-1-2-6(4-5-8(13)14)9(7)10(15)11(16)17/h1-3,10,15H,4-5H2,(H,13,14)(H,16,17). The first-order valence-corrected chi connectivity index (χ1v) is 5.91. The van der Waals surface area contributed by atoms with Crippen molar-refractivity contribution in [1.82, 2.24) is 0 Å². The molecule has 17 heavy (non-hydrogen) atoms. The molecule has 1 rings (SSSR count). The number of carboxylic acid groups (broad SMARTS) is 2. The van der Waals surface area contributed by atoms with Crippen LogP contribution in [-0.4, -0.2) is 27.3 Å². The van der Waals surface area contributed by atoms with E-state index in [1.54, 1.807) is 18.2 Å². The van der Waals surface area contributed by atoms with Crippen molar-refractivity contribution in [2.45, 2.75) is 18.9 Å². The smallest absolute Gasteiger partial charge is 0.337 e. The Morgan fingerprint density at radius 1 is 1.29 bits per heavy atom. The number of rotatable bonds is 5. The lowest BCUT2D eigenvalue weighted by Crippen LogP contribution is -2.15. The second-order valence-corrected chi connectivity index (χ2v) is 4.61. The summed E-state index contributed by atoms with van der Waals surface area (Å²) in [6, 6.07) is 5.01. The van der Waals surface area contributed by atoms with Gasteiger partial charge in [-0.1, -0.05) is 12.1 Å². The van der Waals surface area contributed by atoms with Gasteiger partial charge in [0.1, 0.15) is 0 Å². The van der Waals surface area contributed by atoms with Crippen LogP contribution in [0.4, 0.5) is 0 Å². The lowest BCUT2D eigenvalue weighted by Gasteiger charge is -2.13. The second kappa shape index (κ2) is 5.97. The number of hydrogen-bond acceptors (Lipinski definition) is 3. The maximum absolute atomic E-state index is 10.8. The zero-order valence-corrected chi connectivity index (χ0v) is 10.9. The molecule has 0 aliphatic rings. The first kappa shape index (κ1) is 13.9. The minimum Gasteiger partial charge on any atom is -0.481 e. The van der Waals surface area contributed by atoms with Crippen LogP contribution in [0.15, 0.2) is 18.2 Å². The first-order chi connectivity index (χ1) is 7.93. The predicted octanol–water partition coefficient (Wildman–Crippen LogP) is 1.43. The van der Waals surface area contributed by atoms with E-state index >= 15 is 0 Å². The van der Waals surface area contributed by atoms with E-state index in [0.29, 0.717) is 9.13 Å². The van der Waals surface area contributed by atoms with Crippen molar-refractivity contribution in [3.8, 4) is 0 Å². The molecular formula is C11H11IO5. The van der Waals surface area contributed by atoms with Crippen LogP contribution in [0.5, 0.6) is 0 Å². The zero-order valence-electron chi connectivity index (χ0n) is 8.76. The van der Waals surface area contributed by atoms with Crippen LogP contribution in [0.25, 0.3) is 0 Å². The number of carboxylic acids is 2. The van der Waals surface area contributed by atoms with Crippen molar-refractivity contribution in [2.75, 3.05) is 0 Å². The number of carbonyl (C=O) groups is 2. The van der Waals surface area contributed by atoms with E-state index in [1.807, 2.05) is 22.6 Å². The maximum Gasteiger partial charge on any atom is 0.337 e. The van der Waals surface area contributed by atoms with Gasteiger partial charge in [0.05, 0.1) is 0 Å². The Balaban J connectivity index is 3.08. The Bertz CT molecular complexity index is 443. The molecule has 0 heterocycles. The number of halogens is 1. The van der Waals surface area contributed by atoms with Gasteiger partial charge in [-0.05, 0) is 40.6 Å². The van der Waals surface area contributed by atoms with Crippen LogP contribution in [0, 0.1) is 3.57 Å².